The van der Waals surface area contributed by atoms with Crippen molar-refractivity contribution in [3.63, 3.8) is 0 Å². The standard InChI is InChI=1S/C21H23N/c1-14(2)12-17-6-5-7-21-19(17)10-11-20(22-21)18-9-8-15(3)16(4)13-18/h5-11,13-14H,12H2,1-4H3. The van der Waals surface area contributed by atoms with Crippen LogP contribution in [0.4, 0.5) is 0 Å². The van der Waals surface area contributed by atoms with Crippen LogP contribution in [-0.2, 0) is 6.42 Å². The quantitative estimate of drug-likeness (QED) is 0.601. The fourth-order valence-corrected chi connectivity index (χ4v) is 2.90. The SMILES string of the molecule is Cc1ccc(-c2ccc3c(CC(C)C)cccc3n2)cc1C. The van der Waals surface area contributed by atoms with Crippen LogP contribution in [0.25, 0.3) is 22.2 Å². The minimum absolute atomic E-state index is 0.657. The summed E-state index contributed by atoms with van der Waals surface area (Å²) >= 11 is 0. The molecule has 0 aliphatic rings. The lowest BCUT2D eigenvalue weighted by Gasteiger charge is -2.10. The number of nitrogens with zero attached hydrogens (tertiary/aromatic N) is 1. The second-order valence-electron chi connectivity index (χ2n) is 6.58. The largest absolute Gasteiger partial charge is 0.248 e. The van der Waals surface area contributed by atoms with Gasteiger partial charge in [-0.3, -0.25) is 0 Å². The first-order valence-electron chi connectivity index (χ1n) is 8.01. The highest BCUT2D eigenvalue weighted by molar-refractivity contribution is 5.84. The monoisotopic (exact) mass is 289 g/mol. The van der Waals surface area contributed by atoms with Gasteiger partial charge < -0.3 is 0 Å². The molecule has 22 heavy (non-hydrogen) atoms. The normalized spacial score (nSPS) is 11.3. The smallest absolute Gasteiger partial charge is 0.0712 e. The van der Waals surface area contributed by atoms with E-state index in [0.717, 1.165) is 17.6 Å². The molecule has 0 radical (unpaired) electrons. The molecule has 3 aromatic rings. The number of fused-ring (bicyclic) bond motifs is 1. The zero-order valence-electron chi connectivity index (χ0n) is 13.9. The molecule has 0 bridgehead atoms. The third kappa shape index (κ3) is 2.89. The molecular formula is C21H23N. The van der Waals surface area contributed by atoms with Gasteiger partial charge in [-0.1, -0.05) is 44.2 Å². The zero-order chi connectivity index (χ0) is 15.7. The van der Waals surface area contributed by atoms with Crippen molar-refractivity contribution in [1.82, 2.24) is 4.98 Å². The molecule has 0 aliphatic heterocycles. The van der Waals surface area contributed by atoms with Crippen molar-refractivity contribution in [3.05, 3.63) is 65.2 Å². The van der Waals surface area contributed by atoms with E-state index in [9.17, 15) is 0 Å². The van der Waals surface area contributed by atoms with Crippen LogP contribution >= 0.6 is 0 Å². The molecule has 0 N–H and O–H groups in total. The number of hydrogen-bond acceptors (Lipinski definition) is 1. The summed E-state index contributed by atoms with van der Waals surface area (Å²) in [5, 5.41) is 1.28. The van der Waals surface area contributed by atoms with Crippen molar-refractivity contribution in [2.24, 2.45) is 5.92 Å². The molecule has 2 aromatic carbocycles. The Kier molecular flexibility index (Phi) is 3.98. The Morgan fingerprint density at radius 1 is 0.909 bits per heavy atom. The Hall–Kier alpha value is -2.15. The Morgan fingerprint density at radius 3 is 2.45 bits per heavy atom. The molecule has 3 rings (SSSR count). The average Bonchev–Trinajstić information content (AvgIpc) is 2.49. The first kappa shape index (κ1) is 14.8. The Morgan fingerprint density at radius 2 is 1.73 bits per heavy atom. The summed E-state index contributed by atoms with van der Waals surface area (Å²) in [4.78, 5) is 4.88. The number of aryl methyl sites for hydroxylation is 2. The van der Waals surface area contributed by atoms with Crippen LogP contribution in [0.2, 0.25) is 0 Å². The van der Waals surface area contributed by atoms with Gasteiger partial charge in [0.25, 0.3) is 0 Å². The van der Waals surface area contributed by atoms with Crippen LogP contribution < -0.4 is 0 Å². The van der Waals surface area contributed by atoms with E-state index in [1.165, 1.54) is 27.6 Å². The van der Waals surface area contributed by atoms with Crippen LogP contribution in [0, 0.1) is 19.8 Å². The molecule has 0 atom stereocenters. The van der Waals surface area contributed by atoms with Crippen molar-refractivity contribution in [2.75, 3.05) is 0 Å². The fourth-order valence-electron chi connectivity index (χ4n) is 2.90. The molecule has 112 valence electrons. The highest BCUT2D eigenvalue weighted by atomic mass is 14.7. The molecule has 0 fully saturated rings. The zero-order valence-corrected chi connectivity index (χ0v) is 13.9. The number of rotatable bonds is 3. The van der Waals surface area contributed by atoms with Gasteiger partial charge in [-0.25, -0.2) is 4.98 Å². The predicted molar refractivity (Wildman–Crippen MR) is 95.2 cm³/mol. The van der Waals surface area contributed by atoms with E-state index in [1.54, 1.807) is 0 Å². The highest BCUT2D eigenvalue weighted by Gasteiger charge is 2.07. The van der Waals surface area contributed by atoms with Crippen LogP contribution in [0.5, 0.6) is 0 Å². The van der Waals surface area contributed by atoms with E-state index in [4.69, 9.17) is 4.98 Å². The van der Waals surface area contributed by atoms with E-state index >= 15 is 0 Å². The van der Waals surface area contributed by atoms with Crippen LogP contribution in [0.15, 0.2) is 48.5 Å². The summed E-state index contributed by atoms with van der Waals surface area (Å²) in [6.45, 7) is 8.82. The summed E-state index contributed by atoms with van der Waals surface area (Å²) < 4.78 is 0. The molecule has 0 unspecified atom stereocenters. The lowest BCUT2D eigenvalue weighted by molar-refractivity contribution is 0.650. The van der Waals surface area contributed by atoms with Gasteiger partial charge >= 0.3 is 0 Å². The van der Waals surface area contributed by atoms with E-state index in [2.05, 4.69) is 76.2 Å². The second kappa shape index (κ2) is 5.92. The van der Waals surface area contributed by atoms with Gasteiger partial charge in [-0.05, 0) is 61.1 Å². The van der Waals surface area contributed by atoms with Crippen molar-refractivity contribution in [1.29, 1.82) is 0 Å². The molecule has 0 aliphatic carbocycles. The molecule has 1 nitrogen and oxygen atoms in total. The number of hydrogen-bond donors (Lipinski definition) is 0. The third-order valence-corrected chi connectivity index (χ3v) is 4.25. The maximum atomic E-state index is 4.88. The summed E-state index contributed by atoms with van der Waals surface area (Å²) in [5.41, 5.74) is 7.37. The van der Waals surface area contributed by atoms with E-state index < -0.39 is 0 Å². The lowest BCUT2D eigenvalue weighted by atomic mass is 9.98. The molecule has 0 amide bonds. The summed E-state index contributed by atoms with van der Waals surface area (Å²) in [7, 11) is 0. The van der Waals surface area contributed by atoms with Gasteiger partial charge in [-0.15, -0.1) is 0 Å². The van der Waals surface area contributed by atoms with Crippen molar-refractivity contribution in [2.45, 2.75) is 34.1 Å². The minimum Gasteiger partial charge on any atom is -0.248 e. The van der Waals surface area contributed by atoms with Crippen LogP contribution in [0.3, 0.4) is 0 Å². The summed E-state index contributed by atoms with van der Waals surface area (Å²) in [6, 6.07) is 17.4. The van der Waals surface area contributed by atoms with Crippen LogP contribution in [-0.4, -0.2) is 4.98 Å². The van der Waals surface area contributed by atoms with Gasteiger partial charge in [0.15, 0.2) is 0 Å². The van der Waals surface area contributed by atoms with Gasteiger partial charge in [0, 0.05) is 10.9 Å². The van der Waals surface area contributed by atoms with E-state index in [1.807, 2.05) is 0 Å². The van der Waals surface area contributed by atoms with Gasteiger partial charge in [0.2, 0.25) is 0 Å². The van der Waals surface area contributed by atoms with E-state index in [0.29, 0.717) is 5.92 Å². The summed E-state index contributed by atoms with van der Waals surface area (Å²) in [6.07, 6.45) is 1.10. The number of benzene rings is 2. The van der Waals surface area contributed by atoms with Crippen molar-refractivity contribution < 1.29 is 0 Å². The molecule has 1 heterocycles. The Bertz CT molecular complexity index is 815. The van der Waals surface area contributed by atoms with Gasteiger partial charge in [0.1, 0.15) is 0 Å². The van der Waals surface area contributed by atoms with Gasteiger partial charge in [0.05, 0.1) is 11.2 Å². The predicted octanol–water partition coefficient (Wildman–Crippen LogP) is 5.72. The Balaban J connectivity index is 2.08. The fraction of sp³-hybridized carbons (Fsp3) is 0.286. The Labute approximate surface area is 133 Å². The van der Waals surface area contributed by atoms with Crippen molar-refractivity contribution in [3.8, 4) is 11.3 Å². The van der Waals surface area contributed by atoms with Gasteiger partial charge in [-0.2, -0.15) is 0 Å². The molecule has 1 heteroatoms. The third-order valence-electron chi connectivity index (χ3n) is 4.25. The van der Waals surface area contributed by atoms with E-state index in [-0.39, 0.29) is 0 Å². The lowest BCUT2D eigenvalue weighted by Crippen LogP contribution is -1.96. The topological polar surface area (TPSA) is 12.9 Å². The number of pyridine rings is 1. The first-order valence-corrected chi connectivity index (χ1v) is 8.01. The van der Waals surface area contributed by atoms with Crippen molar-refractivity contribution >= 4 is 10.9 Å². The molecule has 1 aromatic heterocycles. The number of aromatic nitrogens is 1. The maximum Gasteiger partial charge on any atom is 0.0712 e. The first-order chi connectivity index (χ1) is 10.5. The average molecular weight is 289 g/mol. The van der Waals surface area contributed by atoms with Crippen LogP contribution in [0.1, 0.15) is 30.5 Å². The second-order valence-corrected chi connectivity index (χ2v) is 6.58. The highest BCUT2D eigenvalue weighted by Crippen LogP contribution is 2.25. The molecular weight excluding hydrogens is 266 g/mol. The summed E-state index contributed by atoms with van der Waals surface area (Å²) in [5.74, 6) is 0.657. The molecule has 0 saturated heterocycles. The molecule has 0 spiro atoms. The minimum atomic E-state index is 0.657. The maximum absolute atomic E-state index is 4.88. The molecule has 0 saturated carbocycles.